The molecule has 0 unspecified atom stereocenters. The standard InChI is InChI=1S/C32H22ClN7O11S3.3Na/c1-40-23-9-8-20(28-27(23)19(14-26(40)41)17-4-2-3-5-18(17)29(28)42)35-21-12-15(6-10-24(21)53(46,47)48)34-31-37-30(33)38-32(39-31)36-22-13-16(52(43,44)45)7-11-25(22)54(49,50)51;;;/h2-14,35H,1H3,(H,43,44,45)(H,46,47,48)(H,49,50,51)(H2,34,36,37,38,39);;;/q;3*+1/p-3. The Hall–Kier alpha value is -2.81. The number of aromatic nitrogens is 4. The van der Waals surface area contributed by atoms with E-state index in [1.165, 1.54) is 23.7 Å². The third-order valence-corrected chi connectivity index (χ3v) is 11.0. The van der Waals surface area contributed by atoms with E-state index in [0.717, 1.165) is 18.2 Å². The molecule has 2 heterocycles. The van der Waals surface area contributed by atoms with E-state index in [9.17, 15) is 48.5 Å². The summed E-state index contributed by atoms with van der Waals surface area (Å²) in [6, 6.07) is 16.1. The summed E-state index contributed by atoms with van der Waals surface area (Å²) in [6.45, 7) is 0. The van der Waals surface area contributed by atoms with Gasteiger partial charge in [0.15, 0.2) is 5.78 Å². The van der Waals surface area contributed by atoms with Crippen LogP contribution in [0.5, 0.6) is 0 Å². The first kappa shape index (κ1) is 46.9. The molecular weight excluding hydrogens is 859 g/mol. The quantitative estimate of drug-likeness (QED) is 0.0993. The Morgan fingerprint density at radius 3 is 2.02 bits per heavy atom. The zero-order valence-corrected chi connectivity index (χ0v) is 39.1. The van der Waals surface area contributed by atoms with Crippen molar-refractivity contribution in [1.82, 2.24) is 19.5 Å². The predicted molar refractivity (Wildman–Crippen MR) is 187 cm³/mol. The van der Waals surface area contributed by atoms with E-state index in [-0.39, 0.29) is 128 Å². The van der Waals surface area contributed by atoms with E-state index in [4.69, 9.17) is 11.6 Å². The van der Waals surface area contributed by atoms with E-state index < -0.39 is 67.4 Å². The Bertz CT molecular complexity index is 3210. The number of H-pyrrole nitrogens is 2. The fraction of sp³-hybridized carbons (Fsp3) is 0.0312. The zero-order valence-electron chi connectivity index (χ0n) is 29.9. The zero-order chi connectivity index (χ0) is 38.9. The summed E-state index contributed by atoms with van der Waals surface area (Å²) in [5.41, 5.74) is -0.329. The molecule has 4 aromatic carbocycles. The maximum absolute atomic E-state index is 14.0. The molecule has 0 amide bonds. The Morgan fingerprint density at radius 2 is 1.37 bits per heavy atom. The van der Waals surface area contributed by atoms with Gasteiger partial charge < -0.3 is 28.5 Å². The van der Waals surface area contributed by atoms with E-state index in [1.807, 2.05) is 0 Å². The SMILES string of the molecule is Cn1c(=O)cc2c3c(c(Nc4cc(N=c5nc(Cl)[nH]c(=Nc6cc(S(=O)(=O)[O-])ccc6S(=O)(=O)[O-])[nH]5)ccc4S(=O)(=O)[O-])ccc31)C(=O)c1ccccc1-2.[Na+].[Na+].[Na+]. The fourth-order valence-electron chi connectivity index (χ4n) is 5.89. The normalized spacial score (nSPS) is 13.0. The van der Waals surface area contributed by atoms with Gasteiger partial charge in [-0.15, -0.1) is 0 Å². The number of hydrogen-bond donors (Lipinski definition) is 3. The molecule has 276 valence electrons. The van der Waals surface area contributed by atoms with Crippen LogP contribution in [-0.2, 0) is 37.4 Å². The second-order valence-electron chi connectivity index (χ2n) is 11.6. The summed E-state index contributed by atoms with van der Waals surface area (Å²) < 4.78 is 109. The monoisotopic (exact) mass is 877 g/mol. The van der Waals surface area contributed by atoms with Gasteiger partial charge in [-0.3, -0.25) is 14.6 Å². The summed E-state index contributed by atoms with van der Waals surface area (Å²) in [5.74, 6) is -0.436. The van der Waals surface area contributed by atoms with Crippen molar-refractivity contribution >= 4 is 81.4 Å². The van der Waals surface area contributed by atoms with Crippen molar-refractivity contribution in [2.75, 3.05) is 5.32 Å². The minimum atomic E-state index is -5.23. The van der Waals surface area contributed by atoms with Crippen LogP contribution in [0.3, 0.4) is 0 Å². The average Bonchev–Trinajstić information content (AvgIpc) is 3.07. The Labute approximate surface area is 393 Å². The number of carbonyl (C=O) groups is 1. The number of pyridine rings is 1. The Morgan fingerprint density at radius 1 is 0.719 bits per heavy atom. The van der Waals surface area contributed by atoms with Crippen LogP contribution < -0.4 is 111 Å². The van der Waals surface area contributed by atoms with Gasteiger partial charge >= 0.3 is 88.7 Å². The van der Waals surface area contributed by atoms with Gasteiger partial charge in [-0.1, -0.05) is 24.3 Å². The first-order chi connectivity index (χ1) is 25.3. The molecule has 3 N–H and O–H groups in total. The maximum atomic E-state index is 14.0. The molecule has 0 atom stereocenters. The van der Waals surface area contributed by atoms with Crippen LogP contribution >= 0.6 is 11.6 Å². The summed E-state index contributed by atoms with van der Waals surface area (Å²) >= 11 is 6.09. The van der Waals surface area contributed by atoms with Crippen LogP contribution in [0.15, 0.2) is 108 Å². The average molecular weight is 878 g/mol. The van der Waals surface area contributed by atoms with Crippen molar-refractivity contribution in [3.8, 4) is 11.1 Å². The largest absolute Gasteiger partial charge is 1.00 e. The van der Waals surface area contributed by atoms with Gasteiger partial charge in [-0.05, 0) is 71.3 Å². The molecule has 0 spiro atoms. The summed E-state index contributed by atoms with van der Waals surface area (Å²) in [6.07, 6.45) is 0. The molecule has 0 saturated carbocycles. The number of rotatable bonds is 7. The molecule has 1 aliphatic carbocycles. The number of aromatic amines is 2. The molecular formula is C32H19ClN7Na3O11S3. The summed E-state index contributed by atoms with van der Waals surface area (Å²) in [5, 5.41) is 2.87. The molecule has 0 radical (unpaired) electrons. The van der Waals surface area contributed by atoms with Crippen molar-refractivity contribution < 1.29 is 132 Å². The number of nitrogens with one attached hydrogen (secondary N) is 3. The molecule has 1 aliphatic rings. The number of ketones is 1. The van der Waals surface area contributed by atoms with Crippen LogP contribution in [0, 0.1) is 0 Å². The number of carbonyl (C=O) groups excluding carboxylic acids is 1. The van der Waals surface area contributed by atoms with E-state index >= 15 is 0 Å². The smallest absolute Gasteiger partial charge is 0.744 e. The number of halogens is 1. The van der Waals surface area contributed by atoms with Gasteiger partial charge in [0, 0.05) is 24.1 Å². The fourth-order valence-corrected chi connectivity index (χ4v) is 7.76. The van der Waals surface area contributed by atoms with Gasteiger partial charge in [0.25, 0.3) is 5.56 Å². The van der Waals surface area contributed by atoms with Crippen LogP contribution in [0.25, 0.3) is 22.0 Å². The number of nitrogens with zero attached hydrogens (tertiary/aromatic N) is 4. The molecule has 18 nitrogen and oxygen atoms in total. The maximum Gasteiger partial charge on any atom is 1.00 e. The van der Waals surface area contributed by atoms with Crippen LogP contribution in [0.1, 0.15) is 15.9 Å². The van der Waals surface area contributed by atoms with Crippen LogP contribution in [0.2, 0.25) is 5.28 Å². The molecule has 0 fully saturated rings. The molecule has 0 saturated heterocycles. The van der Waals surface area contributed by atoms with Crippen LogP contribution in [-0.4, -0.2) is 64.2 Å². The molecule has 0 bridgehead atoms. The van der Waals surface area contributed by atoms with E-state index in [1.54, 1.807) is 30.3 Å². The third-order valence-electron chi connectivity index (χ3n) is 8.21. The molecule has 7 rings (SSSR count). The summed E-state index contributed by atoms with van der Waals surface area (Å²) in [4.78, 5) is 41.3. The first-order valence-corrected chi connectivity index (χ1v) is 19.6. The van der Waals surface area contributed by atoms with Gasteiger partial charge in [-0.25, -0.2) is 35.2 Å². The van der Waals surface area contributed by atoms with Crippen molar-refractivity contribution in [1.29, 1.82) is 0 Å². The van der Waals surface area contributed by atoms with Gasteiger partial charge in [0.1, 0.15) is 30.4 Å². The van der Waals surface area contributed by atoms with Gasteiger partial charge in [0.2, 0.25) is 16.5 Å². The predicted octanol–water partition coefficient (Wildman–Crippen LogP) is -6.61. The molecule has 2 aromatic heterocycles. The number of fused-ring (bicyclic) bond motifs is 2. The number of anilines is 2. The number of aryl methyl sites for hydroxylation is 1. The second kappa shape index (κ2) is 17.4. The third kappa shape index (κ3) is 9.49. The molecule has 57 heavy (non-hydrogen) atoms. The van der Waals surface area contributed by atoms with E-state index in [0.29, 0.717) is 40.2 Å². The topological polar surface area (TPSA) is 292 Å². The van der Waals surface area contributed by atoms with Crippen LogP contribution in [0.4, 0.5) is 22.7 Å². The number of hydrogen-bond acceptors (Lipinski definition) is 15. The van der Waals surface area contributed by atoms with Gasteiger partial charge in [0.05, 0.1) is 48.5 Å². The second-order valence-corrected chi connectivity index (χ2v) is 16.0. The molecule has 25 heteroatoms. The Kier molecular flexibility index (Phi) is 14.3. The minimum Gasteiger partial charge on any atom is -0.744 e. The van der Waals surface area contributed by atoms with Crippen molar-refractivity contribution in [2.45, 2.75) is 14.7 Å². The van der Waals surface area contributed by atoms with E-state index in [2.05, 4.69) is 30.3 Å². The summed E-state index contributed by atoms with van der Waals surface area (Å²) in [7, 11) is -13.9. The molecule has 0 aliphatic heterocycles. The Balaban J connectivity index is 0.00000240. The van der Waals surface area contributed by atoms with Gasteiger partial charge in [-0.2, -0.15) is 4.98 Å². The first-order valence-electron chi connectivity index (χ1n) is 15.0. The number of benzene rings is 4. The minimum absolute atomic E-state index is 0. The van der Waals surface area contributed by atoms with Crippen molar-refractivity contribution in [3.05, 3.63) is 117 Å². The molecule has 6 aromatic rings. The van der Waals surface area contributed by atoms with Crippen molar-refractivity contribution in [2.24, 2.45) is 17.0 Å². The van der Waals surface area contributed by atoms with Crippen molar-refractivity contribution in [3.63, 3.8) is 0 Å².